The predicted octanol–water partition coefficient (Wildman–Crippen LogP) is 4.73. The van der Waals surface area contributed by atoms with E-state index < -0.39 is 5.97 Å². The molecule has 0 atom stereocenters. The van der Waals surface area contributed by atoms with Crippen molar-refractivity contribution in [3.8, 4) is 17.2 Å². The number of likely N-dealkylation sites (N-methyl/N-ethyl adjacent to an activating group) is 1. The van der Waals surface area contributed by atoms with Crippen LogP contribution >= 0.6 is 11.3 Å². The Morgan fingerprint density at radius 1 is 1.02 bits per heavy atom. The number of amides is 1. The van der Waals surface area contributed by atoms with Crippen molar-refractivity contribution < 1.29 is 34.0 Å². The molecule has 1 amide bonds. The number of anilines is 4. The summed E-state index contributed by atoms with van der Waals surface area (Å²) < 4.78 is 16.6. The van der Waals surface area contributed by atoms with E-state index in [2.05, 4.69) is 20.5 Å². The Balaban J connectivity index is 1.46. The molecule has 0 saturated carbocycles. The van der Waals surface area contributed by atoms with Crippen LogP contribution in [0.5, 0.6) is 17.2 Å². The average Bonchev–Trinajstić information content (AvgIpc) is 3.48. The van der Waals surface area contributed by atoms with Gasteiger partial charge in [-0.1, -0.05) is 23.5 Å². The summed E-state index contributed by atoms with van der Waals surface area (Å²) in [4.78, 5) is 42.6. The van der Waals surface area contributed by atoms with Gasteiger partial charge in [-0.2, -0.15) is 9.97 Å². The first-order valence-corrected chi connectivity index (χ1v) is 16.7. The highest BCUT2D eigenvalue weighted by Crippen LogP contribution is 2.39. The molecule has 0 aliphatic carbocycles. The summed E-state index contributed by atoms with van der Waals surface area (Å²) in [5.41, 5.74) is 3.78. The Labute approximate surface area is 288 Å². The first-order valence-electron chi connectivity index (χ1n) is 15.8. The highest BCUT2D eigenvalue weighted by Gasteiger charge is 2.25. The lowest BCUT2D eigenvalue weighted by Crippen LogP contribution is -2.33. The van der Waals surface area contributed by atoms with E-state index in [-0.39, 0.29) is 29.9 Å². The van der Waals surface area contributed by atoms with Crippen LogP contribution in [0, 0.1) is 6.92 Å². The van der Waals surface area contributed by atoms with E-state index in [9.17, 15) is 19.8 Å². The predicted molar refractivity (Wildman–Crippen MR) is 187 cm³/mol. The van der Waals surface area contributed by atoms with E-state index in [0.29, 0.717) is 59.1 Å². The van der Waals surface area contributed by atoms with Crippen LogP contribution < -0.4 is 29.7 Å². The zero-order chi connectivity index (χ0) is 35.1. The number of carboxylic acid groups (broad SMARTS) is 1. The topological polar surface area (TPSA) is 172 Å². The monoisotopic (exact) mass is 691 g/mol. The van der Waals surface area contributed by atoms with Gasteiger partial charge in [-0.25, -0.2) is 9.78 Å². The Morgan fingerprint density at radius 2 is 1.73 bits per heavy atom. The van der Waals surface area contributed by atoms with Crippen molar-refractivity contribution >= 4 is 45.9 Å². The van der Waals surface area contributed by atoms with Gasteiger partial charge in [0.2, 0.25) is 11.7 Å². The highest BCUT2D eigenvalue weighted by molar-refractivity contribution is 7.17. The minimum absolute atomic E-state index is 0.0903. The molecule has 260 valence electrons. The standard InChI is InChI=1S/C34H41N7O7S/c1-6-40(14-15-42)31(43)23-11-9-21(10-12-23)19-41-13-7-8-24-29(35-18-22-16-25(46-3)27(48-5)26(17-22)47-4)37-33(38-30(24)41)39-34-36-20(2)28(49-34)32(44)45/h9-12,16-17,42H,6-8,13-15,18-19H2,1-5H3,(H,44,45)(H2,35,36,37,38,39). The summed E-state index contributed by atoms with van der Waals surface area (Å²) in [5, 5.41) is 25.9. The number of carboxylic acids is 1. The van der Waals surface area contributed by atoms with Gasteiger partial charge in [0, 0.05) is 43.9 Å². The number of aryl methyl sites for hydroxylation is 1. The lowest BCUT2D eigenvalue weighted by Gasteiger charge is -2.31. The number of nitrogens with one attached hydrogen (secondary N) is 2. The number of hydrogen-bond acceptors (Lipinski definition) is 13. The third kappa shape index (κ3) is 7.95. The quantitative estimate of drug-likeness (QED) is 0.135. The van der Waals surface area contributed by atoms with Crippen LogP contribution in [0.1, 0.15) is 55.8 Å². The smallest absolute Gasteiger partial charge is 0.347 e. The van der Waals surface area contributed by atoms with Crippen LogP contribution in [0.4, 0.5) is 22.7 Å². The summed E-state index contributed by atoms with van der Waals surface area (Å²) in [6.45, 7) is 5.91. The van der Waals surface area contributed by atoms with Gasteiger partial charge < -0.3 is 39.5 Å². The van der Waals surface area contributed by atoms with Crippen LogP contribution in [-0.4, -0.2) is 89.5 Å². The summed E-state index contributed by atoms with van der Waals surface area (Å²) in [6, 6.07) is 11.2. The van der Waals surface area contributed by atoms with Gasteiger partial charge in [0.1, 0.15) is 16.5 Å². The van der Waals surface area contributed by atoms with Crippen molar-refractivity contribution in [3.05, 3.63) is 69.2 Å². The molecule has 1 aliphatic heterocycles. The largest absolute Gasteiger partial charge is 0.493 e. The number of aromatic carboxylic acids is 1. The number of aliphatic hydroxyl groups excluding tert-OH is 1. The lowest BCUT2D eigenvalue weighted by atomic mass is 10.0. The number of fused-ring (bicyclic) bond motifs is 1. The number of rotatable bonds is 15. The molecule has 49 heavy (non-hydrogen) atoms. The summed E-state index contributed by atoms with van der Waals surface area (Å²) in [6.07, 6.45) is 1.62. The number of hydrogen-bond donors (Lipinski definition) is 4. The Bertz CT molecular complexity index is 1770. The molecule has 4 N–H and O–H groups in total. The number of carbonyl (C=O) groups excluding carboxylic acids is 1. The molecule has 3 heterocycles. The fourth-order valence-corrected chi connectivity index (χ4v) is 6.52. The van der Waals surface area contributed by atoms with Gasteiger partial charge in [-0.3, -0.25) is 10.1 Å². The van der Waals surface area contributed by atoms with Crippen molar-refractivity contribution in [2.75, 3.05) is 63.1 Å². The van der Waals surface area contributed by atoms with E-state index in [0.717, 1.165) is 53.2 Å². The third-order valence-electron chi connectivity index (χ3n) is 8.15. The minimum Gasteiger partial charge on any atom is -0.493 e. The van der Waals surface area contributed by atoms with Gasteiger partial charge in [0.15, 0.2) is 16.6 Å². The molecule has 0 bridgehead atoms. The summed E-state index contributed by atoms with van der Waals surface area (Å²) >= 11 is 1.02. The fraction of sp³-hybridized carbons (Fsp3) is 0.382. The molecule has 2 aromatic carbocycles. The first kappa shape index (κ1) is 35.2. The van der Waals surface area contributed by atoms with Gasteiger partial charge >= 0.3 is 5.97 Å². The third-order valence-corrected chi connectivity index (χ3v) is 9.21. The van der Waals surface area contributed by atoms with Gasteiger partial charge in [0.05, 0.1) is 33.6 Å². The van der Waals surface area contributed by atoms with Crippen LogP contribution in [0.15, 0.2) is 36.4 Å². The lowest BCUT2D eigenvalue weighted by molar-refractivity contribution is 0.0699. The van der Waals surface area contributed by atoms with Gasteiger partial charge in [-0.05, 0) is 62.1 Å². The molecule has 5 rings (SSSR count). The number of aliphatic hydroxyl groups is 1. The second-order valence-corrected chi connectivity index (χ2v) is 12.3. The zero-order valence-corrected chi connectivity index (χ0v) is 29.0. The molecule has 0 radical (unpaired) electrons. The second kappa shape index (κ2) is 15.8. The summed E-state index contributed by atoms with van der Waals surface area (Å²) in [7, 11) is 4.70. The van der Waals surface area contributed by atoms with Crippen molar-refractivity contribution in [1.29, 1.82) is 0 Å². The molecule has 4 aromatic rings. The SMILES string of the molecule is CCN(CCO)C(=O)c1ccc(CN2CCCc3c(NCc4cc(OC)c(OC)c(OC)c4)nc(Nc4nc(C)c(C(=O)O)s4)nc32)cc1. The Hall–Kier alpha value is -5.15. The average molecular weight is 692 g/mol. The van der Waals surface area contributed by atoms with Gasteiger partial charge in [-0.15, -0.1) is 0 Å². The van der Waals surface area contributed by atoms with E-state index >= 15 is 0 Å². The number of thiazole rings is 1. The van der Waals surface area contributed by atoms with Crippen LogP contribution in [0.25, 0.3) is 0 Å². The van der Waals surface area contributed by atoms with Crippen LogP contribution in [0.3, 0.4) is 0 Å². The number of carbonyl (C=O) groups is 2. The molecular weight excluding hydrogens is 650 g/mol. The maximum absolute atomic E-state index is 12.9. The van der Waals surface area contributed by atoms with Crippen molar-refractivity contribution in [2.24, 2.45) is 0 Å². The molecule has 0 unspecified atom stereocenters. The molecule has 2 aromatic heterocycles. The van der Waals surface area contributed by atoms with E-state index in [1.54, 1.807) is 33.2 Å². The second-order valence-electron chi connectivity index (χ2n) is 11.3. The molecule has 14 nitrogen and oxygen atoms in total. The maximum atomic E-state index is 12.9. The molecular formula is C34H41N7O7S. The van der Waals surface area contributed by atoms with Gasteiger partial charge in [0.25, 0.3) is 5.91 Å². The van der Waals surface area contributed by atoms with E-state index in [1.165, 1.54) is 0 Å². The normalized spacial score (nSPS) is 12.2. The fourth-order valence-electron chi connectivity index (χ4n) is 5.72. The molecule has 0 fully saturated rings. The van der Waals surface area contributed by atoms with Crippen molar-refractivity contribution in [2.45, 2.75) is 39.8 Å². The van der Waals surface area contributed by atoms with Crippen LogP contribution in [-0.2, 0) is 19.5 Å². The first-order chi connectivity index (χ1) is 23.7. The van der Waals surface area contributed by atoms with E-state index in [1.807, 2.05) is 43.3 Å². The van der Waals surface area contributed by atoms with Crippen molar-refractivity contribution in [3.63, 3.8) is 0 Å². The number of benzene rings is 2. The van der Waals surface area contributed by atoms with E-state index in [4.69, 9.17) is 24.2 Å². The molecule has 0 spiro atoms. The number of aromatic nitrogens is 3. The molecule has 15 heteroatoms. The molecule has 0 saturated heterocycles. The number of methoxy groups -OCH3 is 3. The van der Waals surface area contributed by atoms with Crippen LogP contribution in [0.2, 0.25) is 0 Å². The van der Waals surface area contributed by atoms with Crippen molar-refractivity contribution in [1.82, 2.24) is 19.9 Å². The Morgan fingerprint density at radius 3 is 2.33 bits per heavy atom. The molecule has 1 aliphatic rings. The maximum Gasteiger partial charge on any atom is 0.347 e. The summed E-state index contributed by atoms with van der Waals surface area (Å²) in [5.74, 6) is 2.04. The number of ether oxygens (including phenoxy) is 3. The Kier molecular flexibility index (Phi) is 11.4. The zero-order valence-electron chi connectivity index (χ0n) is 28.2. The minimum atomic E-state index is -1.04. The highest BCUT2D eigenvalue weighted by atomic mass is 32.1. The number of nitrogens with zero attached hydrogens (tertiary/aromatic N) is 5.